The summed E-state index contributed by atoms with van der Waals surface area (Å²) < 4.78 is 7.23. The highest BCUT2D eigenvalue weighted by molar-refractivity contribution is 5.74. The smallest absolute Gasteiger partial charge is 0.354 e. The molecular formula is C22H34N8O3. The van der Waals surface area contributed by atoms with E-state index in [1.807, 2.05) is 31.2 Å². The van der Waals surface area contributed by atoms with Crippen molar-refractivity contribution >= 4 is 11.8 Å². The molecule has 2 aromatic rings. The topological polar surface area (TPSA) is 176 Å². The van der Waals surface area contributed by atoms with Crippen molar-refractivity contribution < 1.29 is 9.84 Å². The normalized spacial score (nSPS) is 20.0. The van der Waals surface area contributed by atoms with Crippen molar-refractivity contribution in [3.05, 3.63) is 52.1 Å². The first-order chi connectivity index (χ1) is 15.9. The number of rotatable bonds is 11. The lowest BCUT2D eigenvalue weighted by molar-refractivity contribution is 0.0190. The Morgan fingerprint density at radius 2 is 2.09 bits per heavy atom. The van der Waals surface area contributed by atoms with Gasteiger partial charge in [-0.2, -0.15) is 4.98 Å². The van der Waals surface area contributed by atoms with E-state index in [1.165, 1.54) is 4.57 Å². The number of nitrogens with one attached hydrogen (secondary N) is 4. The Morgan fingerprint density at radius 3 is 2.73 bits per heavy atom. The van der Waals surface area contributed by atoms with Gasteiger partial charge in [-0.1, -0.05) is 19.1 Å². The molecule has 9 N–H and O–H groups in total. The predicted molar refractivity (Wildman–Crippen MR) is 127 cm³/mol. The molecule has 180 valence electrons. The van der Waals surface area contributed by atoms with E-state index in [0.29, 0.717) is 31.7 Å². The number of hydrogen-bond acceptors (Lipinski definition) is 8. The average molecular weight is 459 g/mol. The zero-order valence-electron chi connectivity index (χ0n) is 18.9. The minimum absolute atomic E-state index is 0.0169. The lowest BCUT2D eigenvalue weighted by Crippen LogP contribution is -2.32. The zero-order valence-corrected chi connectivity index (χ0v) is 18.9. The number of aliphatic hydroxyl groups is 1. The summed E-state index contributed by atoms with van der Waals surface area (Å²) in [6.45, 7) is 4.01. The molecule has 0 spiro atoms. The van der Waals surface area contributed by atoms with Gasteiger partial charge in [-0.3, -0.25) is 9.98 Å². The maximum Gasteiger partial charge on any atom is 0.354 e. The van der Waals surface area contributed by atoms with E-state index in [9.17, 15) is 9.90 Å². The molecule has 1 aliphatic heterocycles. The molecule has 11 heteroatoms. The van der Waals surface area contributed by atoms with Crippen LogP contribution in [0.3, 0.4) is 0 Å². The van der Waals surface area contributed by atoms with Crippen molar-refractivity contribution in [2.24, 2.45) is 11.5 Å². The lowest BCUT2D eigenvalue weighted by Gasteiger charge is -2.17. The monoisotopic (exact) mass is 458 g/mol. The van der Waals surface area contributed by atoms with E-state index in [0.717, 1.165) is 29.8 Å². The molecule has 1 aromatic carbocycles. The summed E-state index contributed by atoms with van der Waals surface area (Å²) in [5, 5.41) is 25.7. The Bertz CT molecular complexity index is 979. The number of ether oxygens (including phenoxy) is 1. The average Bonchev–Trinajstić information content (AvgIpc) is 3.15. The summed E-state index contributed by atoms with van der Waals surface area (Å²) in [6.07, 6.45) is 3.05. The number of aromatic nitrogens is 2. The number of nitrogens with two attached hydrogens (primary N) is 2. The first-order valence-corrected chi connectivity index (χ1v) is 11.2. The highest BCUT2D eigenvalue weighted by Gasteiger charge is 2.32. The van der Waals surface area contributed by atoms with Gasteiger partial charge in [0.15, 0.2) is 5.96 Å². The van der Waals surface area contributed by atoms with Crippen molar-refractivity contribution in [3.63, 3.8) is 0 Å². The molecule has 0 aliphatic carbocycles. The summed E-state index contributed by atoms with van der Waals surface area (Å²) >= 11 is 0. The molecule has 11 nitrogen and oxygen atoms in total. The third-order valence-corrected chi connectivity index (χ3v) is 5.55. The minimum Gasteiger partial charge on any atom is -0.394 e. The number of anilines is 1. The van der Waals surface area contributed by atoms with E-state index in [-0.39, 0.29) is 24.3 Å². The molecular weight excluding hydrogens is 424 g/mol. The maximum atomic E-state index is 12.7. The maximum absolute atomic E-state index is 12.7. The highest BCUT2D eigenvalue weighted by Crippen LogP contribution is 2.22. The van der Waals surface area contributed by atoms with Crippen LogP contribution in [-0.2, 0) is 17.7 Å². The van der Waals surface area contributed by atoms with Crippen LogP contribution in [0.25, 0.3) is 5.69 Å². The number of guanidine groups is 1. The van der Waals surface area contributed by atoms with Crippen molar-refractivity contribution in [2.75, 3.05) is 25.0 Å². The molecule has 1 saturated heterocycles. The minimum atomic E-state index is -0.418. The molecule has 1 aromatic heterocycles. The fraction of sp³-hybridized carbons (Fsp3) is 0.500. The summed E-state index contributed by atoms with van der Waals surface area (Å²) in [4.78, 5) is 17.0. The van der Waals surface area contributed by atoms with Gasteiger partial charge in [-0.25, -0.2) is 4.79 Å². The molecule has 0 bridgehead atoms. The molecule has 1 aliphatic rings. The van der Waals surface area contributed by atoms with Gasteiger partial charge >= 0.3 is 5.69 Å². The molecule has 33 heavy (non-hydrogen) atoms. The van der Waals surface area contributed by atoms with Gasteiger partial charge in [-0.05, 0) is 37.1 Å². The zero-order chi connectivity index (χ0) is 23.8. The Hall–Kier alpha value is -2.99. The van der Waals surface area contributed by atoms with Gasteiger partial charge in [0.2, 0.25) is 0 Å². The number of benzene rings is 1. The van der Waals surface area contributed by atoms with Gasteiger partial charge < -0.3 is 37.3 Å². The standard InChI is InChI=1S/C22H34N8O3/c1-2-15-12-30(22(32)29-20(15)28-19-10-17(23)18(13-31)33-19)16-6-4-14(5-7-16)11-26-8-3-9-27-21(24)25/h4-7,12,17-19,26,31H,2-3,8-11,13,23H2,1H3,(H4,24,25,27)(H,28,29,32)/t17-,18-,19?/m1/s1. The van der Waals surface area contributed by atoms with Crippen molar-refractivity contribution in [1.29, 1.82) is 5.41 Å². The number of aliphatic hydroxyl groups excluding tert-OH is 1. The van der Waals surface area contributed by atoms with Crippen LogP contribution in [0.4, 0.5) is 5.82 Å². The van der Waals surface area contributed by atoms with Gasteiger partial charge in [0.25, 0.3) is 0 Å². The van der Waals surface area contributed by atoms with Gasteiger partial charge in [0, 0.05) is 37.3 Å². The second-order valence-corrected chi connectivity index (χ2v) is 8.05. The number of hydrogen-bond donors (Lipinski definition) is 7. The second kappa shape index (κ2) is 11.8. The summed E-state index contributed by atoms with van der Waals surface area (Å²) in [5.41, 5.74) is 13.6. The Morgan fingerprint density at radius 1 is 1.33 bits per heavy atom. The van der Waals surface area contributed by atoms with Crippen LogP contribution in [-0.4, -0.2) is 58.7 Å². The molecule has 0 radical (unpaired) electrons. The first kappa shape index (κ1) is 24.6. The van der Waals surface area contributed by atoms with E-state index in [1.54, 1.807) is 6.20 Å². The van der Waals surface area contributed by atoms with Crippen molar-refractivity contribution in [1.82, 2.24) is 20.2 Å². The van der Waals surface area contributed by atoms with E-state index in [4.69, 9.17) is 21.6 Å². The summed E-state index contributed by atoms with van der Waals surface area (Å²) in [6, 6.07) is 7.49. The molecule has 0 saturated carbocycles. The molecule has 1 fully saturated rings. The van der Waals surface area contributed by atoms with Gasteiger partial charge in [0.05, 0.1) is 18.4 Å². The van der Waals surface area contributed by atoms with E-state index >= 15 is 0 Å². The number of aryl methyl sites for hydroxylation is 1. The van der Waals surface area contributed by atoms with Crippen LogP contribution >= 0.6 is 0 Å². The Balaban J connectivity index is 1.62. The van der Waals surface area contributed by atoms with Crippen LogP contribution in [0.15, 0.2) is 35.3 Å². The predicted octanol–water partition coefficient (Wildman–Crippen LogP) is -0.396. The van der Waals surface area contributed by atoms with Crippen LogP contribution in [0.2, 0.25) is 0 Å². The first-order valence-electron chi connectivity index (χ1n) is 11.2. The molecule has 3 atom stereocenters. The third kappa shape index (κ3) is 6.75. The van der Waals surface area contributed by atoms with Gasteiger partial charge in [-0.15, -0.1) is 0 Å². The van der Waals surface area contributed by atoms with Crippen molar-refractivity contribution in [3.8, 4) is 5.69 Å². The third-order valence-electron chi connectivity index (χ3n) is 5.55. The van der Waals surface area contributed by atoms with Crippen molar-refractivity contribution in [2.45, 2.75) is 51.1 Å². The van der Waals surface area contributed by atoms with Crippen LogP contribution in [0.5, 0.6) is 0 Å². The lowest BCUT2D eigenvalue weighted by atomic mass is 10.1. The van der Waals surface area contributed by atoms with E-state index < -0.39 is 12.3 Å². The molecule has 2 heterocycles. The van der Waals surface area contributed by atoms with Crippen LogP contribution in [0, 0.1) is 5.41 Å². The van der Waals surface area contributed by atoms with Crippen LogP contribution in [0.1, 0.15) is 30.9 Å². The second-order valence-electron chi connectivity index (χ2n) is 8.05. The van der Waals surface area contributed by atoms with E-state index in [2.05, 4.69) is 20.9 Å². The largest absolute Gasteiger partial charge is 0.394 e. The fourth-order valence-corrected chi connectivity index (χ4v) is 3.70. The fourth-order valence-electron chi connectivity index (χ4n) is 3.70. The molecule has 1 unspecified atom stereocenters. The molecule has 3 rings (SSSR count). The summed E-state index contributed by atoms with van der Waals surface area (Å²) in [5.74, 6) is 0.464. The Labute approximate surface area is 193 Å². The molecule has 0 amide bonds. The summed E-state index contributed by atoms with van der Waals surface area (Å²) in [7, 11) is 0. The number of nitrogens with zero attached hydrogens (tertiary/aromatic N) is 2. The van der Waals surface area contributed by atoms with Crippen LogP contribution < -0.4 is 33.1 Å². The highest BCUT2D eigenvalue weighted by atomic mass is 16.5. The van der Waals surface area contributed by atoms with Gasteiger partial charge in [0.1, 0.15) is 12.0 Å². The quantitative estimate of drug-likeness (QED) is 0.134. The SMILES string of the molecule is CCc1cn(-c2ccc(CNCCCNC(=N)N)cc2)c(=O)nc1NC1C[C@@H](N)[C@@H](CO)O1. The Kier molecular flexibility index (Phi) is 8.78.